The predicted molar refractivity (Wildman–Crippen MR) is 60.2 cm³/mol. The van der Waals surface area contributed by atoms with Gasteiger partial charge in [0.15, 0.2) is 0 Å². The molecule has 0 fully saturated rings. The second-order valence-corrected chi connectivity index (χ2v) is 8.31. The van der Waals surface area contributed by atoms with Crippen LogP contribution in [-0.4, -0.2) is 36.1 Å². The van der Waals surface area contributed by atoms with Gasteiger partial charge in [0.25, 0.3) is 0 Å². The molecule has 0 aromatic carbocycles. The number of hydrogen-bond acceptors (Lipinski definition) is 1. The molecule has 3 heteroatoms. The Balaban J connectivity index is 3.48. The standard InChI is InChI=1S/C9H22NSi2/c1-5-7-10(8-6-2)11-9-12(3)4/h5-9H2,1-4H3. The monoisotopic (exact) mass is 200 g/mol. The van der Waals surface area contributed by atoms with Gasteiger partial charge in [0.1, 0.15) is 9.68 Å². The number of rotatable bonds is 7. The Morgan fingerprint density at radius 3 is 1.92 bits per heavy atom. The van der Waals surface area contributed by atoms with Crippen LogP contribution < -0.4 is 0 Å². The van der Waals surface area contributed by atoms with E-state index in [-0.39, 0.29) is 8.80 Å². The molecule has 0 aliphatic carbocycles. The Morgan fingerprint density at radius 1 is 1.08 bits per heavy atom. The molecule has 3 radical (unpaired) electrons. The summed E-state index contributed by atoms with van der Waals surface area (Å²) in [6, 6.07) is 0. The lowest BCUT2D eigenvalue weighted by Crippen LogP contribution is -2.31. The molecule has 0 aliphatic heterocycles. The van der Waals surface area contributed by atoms with Gasteiger partial charge in [-0.3, -0.25) is 0 Å². The summed E-state index contributed by atoms with van der Waals surface area (Å²) in [5.74, 6) is 0. The van der Waals surface area contributed by atoms with Crippen molar-refractivity contribution in [1.82, 2.24) is 4.57 Å². The van der Waals surface area contributed by atoms with E-state index in [4.69, 9.17) is 0 Å². The predicted octanol–water partition coefficient (Wildman–Crippen LogP) is 2.44. The SMILES string of the molecule is CCCN(CCC)[Si]C[Si](C)C. The summed E-state index contributed by atoms with van der Waals surface area (Å²) in [5.41, 5.74) is 1.48. The van der Waals surface area contributed by atoms with Crippen molar-refractivity contribution in [1.29, 1.82) is 0 Å². The van der Waals surface area contributed by atoms with Crippen LogP contribution in [0.15, 0.2) is 0 Å². The molecule has 0 spiro atoms. The second-order valence-electron chi connectivity index (χ2n) is 3.53. The average Bonchev–Trinajstić information content (AvgIpc) is 2.01. The molecule has 0 aromatic rings. The molecule has 0 heterocycles. The fourth-order valence-electron chi connectivity index (χ4n) is 1.08. The Labute approximate surface area is 82.1 Å². The smallest absolute Gasteiger partial charge is 0.138 e. The molecule has 0 saturated carbocycles. The van der Waals surface area contributed by atoms with Gasteiger partial charge in [-0.15, -0.1) is 0 Å². The largest absolute Gasteiger partial charge is 0.326 e. The molecule has 0 atom stereocenters. The second kappa shape index (κ2) is 8.01. The van der Waals surface area contributed by atoms with Crippen LogP contribution >= 0.6 is 0 Å². The van der Waals surface area contributed by atoms with Crippen LogP contribution in [0.5, 0.6) is 0 Å². The first-order valence-corrected chi connectivity index (χ1v) is 8.84. The third kappa shape index (κ3) is 7.07. The van der Waals surface area contributed by atoms with Gasteiger partial charge in [0.2, 0.25) is 0 Å². The van der Waals surface area contributed by atoms with E-state index >= 15 is 0 Å². The maximum atomic E-state index is 2.64. The van der Waals surface area contributed by atoms with E-state index in [1.165, 1.54) is 31.6 Å². The Hall–Kier alpha value is 0.394. The average molecular weight is 200 g/mol. The molecule has 0 saturated heterocycles. The molecular formula is C9H22NSi2. The van der Waals surface area contributed by atoms with Crippen molar-refractivity contribution in [2.24, 2.45) is 0 Å². The molecule has 0 rings (SSSR count). The summed E-state index contributed by atoms with van der Waals surface area (Å²) in [6.45, 7) is 12.0. The lowest BCUT2D eigenvalue weighted by atomic mass is 10.4. The molecule has 0 unspecified atom stereocenters. The third-order valence-electron chi connectivity index (χ3n) is 1.64. The van der Waals surface area contributed by atoms with E-state index in [2.05, 4.69) is 31.5 Å². The highest BCUT2D eigenvalue weighted by Gasteiger charge is 2.05. The van der Waals surface area contributed by atoms with Gasteiger partial charge in [0.05, 0.1) is 0 Å². The van der Waals surface area contributed by atoms with E-state index in [1.54, 1.807) is 0 Å². The highest BCUT2D eigenvalue weighted by atomic mass is 28.3. The van der Waals surface area contributed by atoms with Crippen molar-refractivity contribution in [3.63, 3.8) is 0 Å². The van der Waals surface area contributed by atoms with Crippen LogP contribution in [0.2, 0.25) is 18.8 Å². The molecule has 71 valence electrons. The minimum Gasteiger partial charge on any atom is -0.326 e. The summed E-state index contributed by atoms with van der Waals surface area (Å²) >= 11 is 0. The normalized spacial score (nSPS) is 11.5. The zero-order valence-electron chi connectivity index (χ0n) is 8.98. The Bertz CT molecular complexity index is 90.5. The summed E-state index contributed by atoms with van der Waals surface area (Å²) in [4.78, 5) is 0. The zero-order chi connectivity index (χ0) is 9.40. The van der Waals surface area contributed by atoms with Crippen LogP contribution in [-0.2, 0) is 0 Å². The van der Waals surface area contributed by atoms with Gasteiger partial charge in [-0.25, -0.2) is 0 Å². The molecule has 0 aromatic heterocycles. The topological polar surface area (TPSA) is 3.24 Å². The van der Waals surface area contributed by atoms with Crippen molar-refractivity contribution < 1.29 is 0 Å². The van der Waals surface area contributed by atoms with E-state index < -0.39 is 0 Å². The molecule has 0 N–H and O–H groups in total. The van der Waals surface area contributed by atoms with E-state index in [0.717, 1.165) is 9.68 Å². The van der Waals surface area contributed by atoms with Gasteiger partial charge in [0, 0.05) is 8.80 Å². The van der Waals surface area contributed by atoms with Crippen molar-refractivity contribution in [3.05, 3.63) is 0 Å². The summed E-state index contributed by atoms with van der Waals surface area (Å²) < 4.78 is 2.64. The quantitative estimate of drug-likeness (QED) is 0.571. The van der Waals surface area contributed by atoms with Crippen LogP contribution in [0, 0.1) is 0 Å². The van der Waals surface area contributed by atoms with Crippen LogP contribution in [0.3, 0.4) is 0 Å². The minimum atomic E-state index is 0.00514. The third-order valence-corrected chi connectivity index (χ3v) is 6.00. The van der Waals surface area contributed by atoms with Crippen LogP contribution in [0.25, 0.3) is 0 Å². The summed E-state index contributed by atoms with van der Waals surface area (Å²) in [6.07, 6.45) is 2.62. The molecule has 0 amide bonds. The number of nitrogens with zero attached hydrogens (tertiary/aromatic N) is 1. The fraction of sp³-hybridized carbons (Fsp3) is 1.00. The van der Waals surface area contributed by atoms with Gasteiger partial charge in [-0.05, 0) is 25.9 Å². The molecule has 0 aliphatic rings. The van der Waals surface area contributed by atoms with Gasteiger partial charge < -0.3 is 4.57 Å². The fourth-order valence-corrected chi connectivity index (χ4v) is 4.00. The molecule has 1 nitrogen and oxygen atoms in total. The van der Waals surface area contributed by atoms with Crippen molar-refractivity contribution in [2.75, 3.05) is 13.1 Å². The molecular weight excluding hydrogens is 178 g/mol. The minimum absolute atomic E-state index is 0.00514. The Morgan fingerprint density at radius 2 is 1.58 bits per heavy atom. The Kier molecular flexibility index (Phi) is 8.28. The highest BCUT2D eigenvalue weighted by molar-refractivity contribution is 6.66. The van der Waals surface area contributed by atoms with Gasteiger partial charge >= 0.3 is 0 Å². The number of hydrogen-bond donors (Lipinski definition) is 0. The summed E-state index contributed by atoms with van der Waals surface area (Å²) in [7, 11) is 1.10. The summed E-state index contributed by atoms with van der Waals surface area (Å²) in [5, 5.41) is 0. The molecule has 0 bridgehead atoms. The first-order valence-electron chi connectivity index (χ1n) is 4.98. The van der Waals surface area contributed by atoms with Crippen molar-refractivity contribution in [3.8, 4) is 0 Å². The maximum absolute atomic E-state index is 2.64. The van der Waals surface area contributed by atoms with Gasteiger partial charge in [-0.1, -0.05) is 32.6 Å². The first kappa shape index (κ1) is 12.4. The van der Waals surface area contributed by atoms with Crippen LogP contribution in [0.1, 0.15) is 26.7 Å². The van der Waals surface area contributed by atoms with E-state index in [9.17, 15) is 0 Å². The lowest BCUT2D eigenvalue weighted by molar-refractivity contribution is 0.441. The van der Waals surface area contributed by atoms with Crippen LogP contribution in [0.4, 0.5) is 0 Å². The van der Waals surface area contributed by atoms with Crippen molar-refractivity contribution >= 4 is 18.5 Å². The van der Waals surface area contributed by atoms with Crippen molar-refractivity contribution in [2.45, 2.75) is 45.5 Å². The maximum Gasteiger partial charge on any atom is 0.138 e. The zero-order valence-corrected chi connectivity index (χ0v) is 11.0. The first-order chi connectivity index (χ1) is 5.70. The molecule has 12 heavy (non-hydrogen) atoms. The highest BCUT2D eigenvalue weighted by Crippen LogP contribution is 1.96. The van der Waals surface area contributed by atoms with E-state index in [1.807, 2.05) is 0 Å². The lowest BCUT2D eigenvalue weighted by Gasteiger charge is -2.20. The van der Waals surface area contributed by atoms with E-state index in [0.29, 0.717) is 0 Å². The van der Waals surface area contributed by atoms with Gasteiger partial charge in [-0.2, -0.15) is 0 Å².